The fourth-order valence-electron chi connectivity index (χ4n) is 10.2. The number of nitrogens with one attached hydrogen (secondary N) is 2. The Hall–Kier alpha value is -7.02. The van der Waals surface area contributed by atoms with Gasteiger partial charge in [0.15, 0.2) is 29.5 Å². The Kier molecular flexibility index (Phi) is 17.0. The van der Waals surface area contributed by atoms with Crippen molar-refractivity contribution in [2.24, 2.45) is 0 Å². The third-order valence-corrected chi connectivity index (χ3v) is 17.2. The molecule has 10 N–H and O–H groups in total. The predicted octanol–water partition coefficient (Wildman–Crippen LogP) is 1.93. The number of aryl methyl sites for hydroxylation is 1. The molecule has 2 saturated heterocycles. The van der Waals surface area contributed by atoms with Crippen molar-refractivity contribution in [3.8, 4) is 11.5 Å². The summed E-state index contributed by atoms with van der Waals surface area (Å²) in [6, 6.07) is 16.6. The molecule has 3 aromatic heterocycles. The summed E-state index contributed by atoms with van der Waals surface area (Å²) < 4.78 is 65.8. The number of carbonyl (C=O) groups is 3. The molecule has 0 radical (unpaired) electrons. The molecule has 3 aromatic carbocycles. The summed E-state index contributed by atoms with van der Waals surface area (Å²) in [7, 11) is -3.17. The molecule has 2 amide bonds. The number of imidazole rings is 1. The second-order valence-electron chi connectivity index (χ2n) is 20.6. The summed E-state index contributed by atoms with van der Waals surface area (Å²) in [6.07, 6.45) is -5.47. The number of amides is 2. The molecule has 4 aliphatic heterocycles. The van der Waals surface area contributed by atoms with Crippen molar-refractivity contribution in [2.45, 2.75) is 93.2 Å². The number of hydrogen-bond acceptors (Lipinski definition) is 24. The Balaban J connectivity index is 0.622. The monoisotopic (exact) mass is 1190 g/mol. The molecular weight excluding hydrogens is 1130 g/mol. The van der Waals surface area contributed by atoms with E-state index in [4.69, 9.17) is 33.7 Å². The van der Waals surface area contributed by atoms with Gasteiger partial charge in [0.1, 0.15) is 60.0 Å². The van der Waals surface area contributed by atoms with E-state index in [1.54, 1.807) is 18.2 Å². The third kappa shape index (κ3) is 12.2. The number of rotatable bonds is 23. The quantitative estimate of drug-likeness (QED) is 0.0251. The molecule has 2 fully saturated rings. The van der Waals surface area contributed by atoms with E-state index in [1.165, 1.54) is 17.1 Å². The van der Waals surface area contributed by atoms with Crippen LogP contribution < -0.4 is 30.9 Å². The number of nitrogen functional groups attached to an aromatic ring is 1. The molecule has 30 nitrogen and oxygen atoms in total. The van der Waals surface area contributed by atoms with E-state index in [9.17, 15) is 53.7 Å². The average molecular weight is 1190 g/mol. The van der Waals surface area contributed by atoms with Crippen LogP contribution in [0, 0.1) is 0 Å². The molecule has 6 aromatic rings. The van der Waals surface area contributed by atoms with E-state index < -0.39 is 89.5 Å². The Morgan fingerprint density at radius 3 is 1.98 bits per heavy atom. The van der Waals surface area contributed by atoms with Crippen LogP contribution in [0.4, 0.5) is 17.2 Å². The summed E-state index contributed by atoms with van der Waals surface area (Å²) in [5, 5.41) is 56.3. The van der Waals surface area contributed by atoms with Gasteiger partial charge in [0, 0.05) is 99.9 Å². The van der Waals surface area contributed by atoms with E-state index in [2.05, 4.69) is 40.2 Å². The maximum Gasteiger partial charge on any atom is 0.481 e. The normalized spacial score (nSPS) is 23.6. The number of nitrogens with two attached hydrogens (primary N) is 1. The van der Waals surface area contributed by atoms with Crippen molar-refractivity contribution in [3.05, 3.63) is 107 Å². The molecular formula is C51H62N12O18P2. The van der Waals surface area contributed by atoms with Crippen LogP contribution in [0.25, 0.3) is 11.2 Å². The largest absolute Gasteiger partial charge is 0.481 e. The maximum absolute atomic E-state index is 13.7. The molecule has 0 aliphatic carbocycles. The number of phosphoric acid groups is 2. The topological polar surface area (TPSA) is 402 Å². The van der Waals surface area contributed by atoms with Gasteiger partial charge in [-0.15, -0.1) is 5.10 Å². The van der Waals surface area contributed by atoms with Crippen LogP contribution in [0.1, 0.15) is 87.7 Å². The lowest BCUT2D eigenvalue weighted by Gasteiger charge is -2.37. The number of aliphatic hydroxyl groups excluding tert-OH is 4. The number of carbonyl (C=O) groups excluding carboxylic acids is 3. The first-order chi connectivity index (χ1) is 39.5. The molecule has 0 saturated carbocycles. The number of unbranched alkanes of at least 4 members (excludes halogenated alkanes) is 3. The van der Waals surface area contributed by atoms with Gasteiger partial charge in [0.25, 0.3) is 5.91 Å². The summed E-state index contributed by atoms with van der Waals surface area (Å²) in [5.41, 5.74) is 9.58. The molecule has 444 valence electrons. The summed E-state index contributed by atoms with van der Waals surface area (Å²) in [5.74, 6) is 0.0136. The first-order valence-corrected chi connectivity index (χ1v) is 29.3. The van der Waals surface area contributed by atoms with Crippen molar-refractivity contribution in [3.63, 3.8) is 0 Å². The van der Waals surface area contributed by atoms with E-state index in [-0.39, 0.29) is 41.6 Å². The van der Waals surface area contributed by atoms with Crippen LogP contribution in [-0.4, -0.2) is 174 Å². The Bertz CT molecular complexity index is 3460. The highest BCUT2D eigenvalue weighted by Crippen LogP contribution is 2.61. The third-order valence-electron chi connectivity index (χ3n) is 14.6. The number of esters is 1. The minimum Gasteiger partial charge on any atom is -0.456 e. The number of benzene rings is 3. The van der Waals surface area contributed by atoms with Gasteiger partial charge >= 0.3 is 21.6 Å². The number of phosphoric ester groups is 2. The van der Waals surface area contributed by atoms with Crippen molar-refractivity contribution in [1.82, 2.24) is 45.1 Å². The van der Waals surface area contributed by atoms with E-state index in [1.807, 2.05) is 74.4 Å². The van der Waals surface area contributed by atoms with E-state index >= 15 is 0 Å². The number of fused-ring (bicyclic) bond motifs is 7. The van der Waals surface area contributed by atoms with Crippen LogP contribution in [0.2, 0.25) is 0 Å². The summed E-state index contributed by atoms with van der Waals surface area (Å²) >= 11 is 0. The molecule has 10 atom stereocenters. The van der Waals surface area contributed by atoms with Crippen LogP contribution in [-0.2, 0) is 53.5 Å². The molecule has 1 spiro atoms. The maximum atomic E-state index is 13.7. The molecule has 32 heteroatoms. The molecule has 83 heavy (non-hydrogen) atoms. The van der Waals surface area contributed by atoms with Crippen molar-refractivity contribution in [1.29, 1.82) is 0 Å². The molecule has 2 unspecified atom stereocenters. The summed E-state index contributed by atoms with van der Waals surface area (Å²) in [4.78, 5) is 76.1. The Labute approximate surface area is 473 Å². The van der Waals surface area contributed by atoms with E-state index in [0.717, 1.165) is 35.2 Å². The van der Waals surface area contributed by atoms with Crippen LogP contribution >= 0.6 is 15.6 Å². The van der Waals surface area contributed by atoms with Gasteiger partial charge in [0.05, 0.1) is 37.0 Å². The second-order valence-corrected chi connectivity index (χ2v) is 23.6. The van der Waals surface area contributed by atoms with Gasteiger partial charge in [-0.2, -0.15) is 4.31 Å². The minimum atomic E-state index is -5.45. The zero-order valence-electron chi connectivity index (χ0n) is 45.2. The lowest BCUT2D eigenvalue weighted by atomic mass is 9.77. The number of anilines is 3. The summed E-state index contributed by atoms with van der Waals surface area (Å²) in [6.45, 7) is -1.07. The number of aliphatic hydroxyl groups is 4. The first kappa shape index (κ1) is 59.2. The molecule has 0 bridgehead atoms. The first-order valence-electron chi connectivity index (χ1n) is 26.3. The van der Waals surface area contributed by atoms with Crippen LogP contribution in [0.5, 0.6) is 11.5 Å². The zero-order chi connectivity index (χ0) is 59.1. The van der Waals surface area contributed by atoms with Gasteiger partial charge in [-0.1, -0.05) is 24.1 Å². The molecule has 10 rings (SSSR count). The van der Waals surface area contributed by atoms with Crippen LogP contribution in [0.15, 0.2) is 73.4 Å². The lowest BCUT2D eigenvalue weighted by molar-refractivity contribution is -0.121. The van der Waals surface area contributed by atoms with Crippen molar-refractivity contribution >= 4 is 61.8 Å². The predicted molar refractivity (Wildman–Crippen MR) is 290 cm³/mol. The van der Waals surface area contributed by atoms with Crippen molar-refractivity contribution in [2.75, 3.05) is 70.0 Å². The number of aromatic nitrogens is 7. The molecule has 7 heterocycles. The highest BCUT2D eigenvalue weighted by atomic mass is 31.3. The SMILES string of the molecule is CN(C)c1ccc2c(c1)Oc1cc(N(C)C)ccc1C21OC(=O)c2cc(C(=O)NCCCCCCNC(=O)CCc3cn([C@H]4O[C@H](COP(=O)(O)OP(=O)(O)OC[C@H]5O[C@@H](n6cnc7c(N)ncnc76)[C@H](O)[C@@H]5O)[C@@H](O)[C@H]4O)nn3)ccc21. The number of hydrogen-bond donors (Lipinski definition) is 9. The highest BCUT2D eigenvalue weighted by Gasteiger charge is 2.54. The standard InChI is InChI=1S/C51H62N12O18P2/c1-60(2)29-11-14-33-35(20-29)77-36-21-30(61(3)4)12-15-34(36)51(33)32-13-9-27(19-31(32)50(70)80-51)47(69)54-18-8-6-5-7-17-53-39(64)16-10-28-22-63(59-58-28)49-44(68)42(66)38(79-49)24-76-83(73,74)81-82(71,72)75-23-37-41(65)43(67)48(78-37)62-26-57-40-45(52)55-25-56-46(40)62/h9,11-15,19-22,25-26,37-38,41-44,48-49,65-68H,5-8,10,16-18,23-24H2,1-4H3,(H,53,64)(H,54,69)(H,71,72)(H,73,74)(H2,52,55,56)/t37-,38-,41-,42-,43-,44-,48-,49+/m1/s1. The van der Waals surface area contributed by atoms with Crippen LogP contribution in [0.3, 0.4) is 0 Å². The van der Waals surface area contributed by atoms with Gasteiger partial charge in [-0.05, 0) is 49.2 Å². The van der Waals surface area contributed by atoms with Gasteiger partial charge < -0.3 is 75.3 Å². The average Bonchev–Trinajstić information content (AvgIpc) is 1.80. The van der Waals surface area contributed by atoms with Crippen molar-refractivity contribution < 1.29 is 86.0 Å². The minimum absolute atomic E-state index is 0.0381. The number of nitrogens with zero attached hydrogens (tertiary/aromatic N) is 9. The highest BCUT2D eigenvalue weighted by molar-refractivity contribution is 7.61. The van der Waals surface area contributed by atoms with Gasteiger partial charge in [0.2, 0.25) is 5.91 Å². The van der Waals surface area contributed by atoms with Gasteiger partial charge in [-0.25, -0.2) is 33.6 Å². The smallest absolute Gasteiger partial charge is 0.456 e. The fourth-order valence-corrected chi connectivity index (χ4v) is 12.3. The molecule has 4 aliphatic rings. The lowest BCUT2D eigenvalue weighted by Crippen LogP contribution is -2.34. The fraction of sp³-hybridized carbons (Fsp3) is 0.451. The zero-order valence-corrected chi connectivity index (χ0v) is 47.0. The second kappa shape index (κ2) is 23.9. The van der Waals surface area contributed by atoms with Gasteiger partial charge in [-0.3, -0.25) is 23.2 Å². The number of ether oxygens (including phenoxy) is 4. The Morgan fingerprint density at radius 1 is 0.759 bits per heavy atom. The van der Waals surface area contributed by atoms with E-state index in [0.29, 0.717) is 70.9 Å². The Morgan fingerprint density at radius 2 is 1.35 bits per heavy atom.